The van der Waals surface area contributed by atoms with Gasteiger partial charge < -0.3 is 15.5 Å². The molecule has 35 heavy (non-hydrogen) atoms. The molecule has 2 saturated heterocycles. The van der Waals surface area contributed by atoms with Crippen molar-refractivity contribution in [1.82, 2.24) is 24.5 Å². The average Bonchev–Trinajstić information content (AvgIpc) is 3.20. The SMILES string of the molecule is Cc1cn2nc([C@@]34C[C@@H]3CCCN4C(=O)c3cccc(C(F)(F)F)n3)cc2nc1N1CCC(N)C1. The van der Waals surface area contributed by atoms with E-state index in [0.717, 1.165) is 61.9 Å². The molecule has 1 aliphatic carbocycles. The van der Waals surface area contributed by atoms with Crippen LogP contribution in [0.2, 0.25) is 0 Å². The molecule has 5 heterocycles. The Balaban J connectivity index is 1.36. The van der Waals surface area contributed by atoms with E-state index in [0.29, 0.717) is 12.2 Å². The fourth-order valence-electron chi connectivity index (χ4n) is 5.78. The standard InChI is InChI=1S/C24H26F3N7O/c1-14-12-34-20(30-21(14)32-9-7-16(28)13-32)10-19(31-34)23-11-15(23)4-3-8-33(23)22(35)17-5-2-6-18(29-17)24(25,26)27/h2,5-6,10,12,15-16H,3-4,7-9,11,13,28H2,1H3/t15-,16?,23+/m0/s1. The summed E-state index contributed by atoms with van der Waals surface area (Å²) in [6.45, 7) is 4.04. The van der Waals surface area contributed by atoms with E-state index >= 15 is 0 Å². The number of piperidine rings is 1. The van der Waals surface area contributed by atoms with E-state index in [-0.39, 0.29) is 17.7 Å². The number of aryl methyl sites for hydroxylation is 1. The van der Waals surface area contributed by atoms with Crippen molar-refractivity contribution in [2.24, 2.45) is 11.7 Å². The van der Waals surface area contributed by atoms with Crippen LogP contribution in [-0.4, -0.2) is 56.1 Å². The van der Waals surface area contributed by atoms with Crippen LogP contribution in [0.3, 0.4) is 0 Å². The van der Waals surface area contributed by atoms with Gasteiger partial charge in [-0.1, -0.05) is 6.07 Å². The van der Waals surface area contributed by atoms with E-state index in [4.69, 9.17) is 15.8 Å². The monoisotopic (exact) mass is 485 g/mol. The van der Waals surface area contributed by atoms with Crippen molar-refractivity contribution < 1.29 is 18.0 Å². The molecular formula is C24H26F3N7O. The van der Waals surface area contributed by atoms with Crippen LogP contribution in [0.15, 0.2) is 30.5 Å². The van der Waals surface area contributed by atoms with Crippen molar-refractivity contribution in [3.05, 3.63) is 53.1 Å². The summed E-state index contributed by atoms with van der Waals surface area (Å²) >= 11 is 0. The van der Waals surface area contributed by atoms with E-state index < -0.39 is 23.3 Å². The molecule has 3 aliphatic rings. The predicted octanol–water partition coefficient (Wildman–Crippen LogP) is 3.14. The molecule has 2 aliphatic heterocycles. The summed E-state index contributed by atoms with van der Waals surface area (Å²) in [6.07, 6.45) is 0.706. The second-order valence-corrected chi connectivity index (χ2v) is 9.90. The number of fused-ring (bicyclic) bond motifs is 2. The Labute approximate surface area is 199 Å². The van der Waals surface area contributed by atoms with E-state index in [1.807, 2.05) is 19.2 Å². The number of anilines is 1. The molecule has 0 aromatic carbocycles. The first-order chi connectivity index (χ1) is 16.7. The maximum atomic E-state index is 13.5. The highest BCUT2D eigenvalue weighted by Crippen LogP contribution is 2.61. The number of pyridine rings is 1. The second-order valence-electron chi connectivity index (χ2n) is 9.90. The van der Waals surface area contributed by atoms with Crippen molar-refractivity contribution in [2.75, 3.05) is 24.5 Å². The number of nitrogens with two attached hydrogens (primary N) is 1. The van der Waals surface area contributed by atoms with E-state index in [1.54, 1.807) is 9.42 Å². The Kier molecular flexibility index (Phi) is 4.86. The van der Waals surface area contributed by atoms with E-state index in [2.05, 4.69) is 9.88 Å². The molecule has 3 aromatic rings. The molecule has 1 amide bonds. The number of alkyl halides is 3. The van der Waals surface area contributed by atoms with Crippen molar-refractivity contribution in [3.8, 4) is 0 Å². The van der Waals surface area contributed by atoms with Crippen LogP contribution in [-0.2, 0) is 11.7 Å². The van der Waals surface area contributed by atoms with Gasteiger partial charge in [-0.2, -0.15) is 18.3 Å². The summed E-state index contributed by atoms with van der Waals surface area (Å²) in [6, 6.07) is 5.49. The number of amides is 1. The number of aromatic nitrogens is 4. The molecule has 8 nitrogen and oxygen atoms in total. The molecule has 1 unspecified atom stereocenters. The lowest BCUT2D eigenvalue weighted by Crippen LogP contribution is -2.45. The average molecular weight is 486 g/mol. The Hall–Kier alpha value is -3.21. The maximum Gasteiger partial charge on any atom is 0.433 e. The third kappa shape index (κ3) is 3.55. The summed E-state index contributed by atoms with van der Waals surface area (Å²) in [4.78, 5) is 25.8. The summed E-state index contributed by atoms with van der Waals surface area (Å²) < 4.78 is 41.3. The Morgan fingerprint density at radius 1 is 1.20 bits per heavy atom. The number of carbonyl (C=O) groups excluding carboxylic acids is 1. The zero-order chi connectivity index (χ0) is 24.5. The lowest BCUT2D eigenvalue weighted by Gasteiger charge is -2.35. The van der Waals surface area contributed by atoms with Crippen LogP contribution in [0.4, 0.5) is 19.0 Å². The Bertz CT molecular complexity index is 1320. The molecule has 0 bridgehead atoms. The van der Waals surface area contributed by atoms with Gasteiger partial charge in [0.25, 0.3) is 5.91 Å². The first kappa shape index (κ1) is 22.3. The second kappa shape index (κ2) is 7.64. The summed E-state index contributed by atoms with van der Waals surface area (Å²) in [5.41, 5.74) is 6.57. The zero-order valence-electron chi connectivity index (χ0n) is 19.3. The highest BCUT2D eigenvalue weighted by Gasteiger charge is 2.63. The first-order valence-electron chi connectivity index (χ1n) is 11.9. The van der Waals surface area contributed by atoms with Gasteiger partial charge >= 0.3 is 6.18 Å². The minimum Gasteiger partial charge on any atom is -0.355 e. The van der Waals surface area contributed by atoms with Crippen molar-refractivity contribution in [1.29, 1.82) is 0 Å². The molecule has 11 heteroatoms. The van der Waals surface area contributed by atoms with Gasteiger partial charge in [0, 0.05) is 43.5 Å². The Morgan fingerprint density at radius 2 is 2.03 bits per heavy atom. The molecule has 6 rings (SSSR count). The molecule has 0 spiro atoms. The fourth-order valence-corrected chi connectivity index (χ4v) is 5.78. The van der Waals surface area contributed by atoms with Crippen molar-refractivity contribution in [2.45, 2.75) is 50.4 Å². The van der Waals surface area contributed by atoms with Gasteiger partial charge in [0.1, 0.15) is 17.2 Å². The lowest BCUT2D eigenvalue weighted by molar-refractivity contribution is -0.141. The molecule has 0 radical (unpaired) electrons. The largest absolute Gasteiger partial charge is 0.433 e. The number of rotatable bonds is 3. The van der Waals surface area contributed by atoms with Crippen LogP contribution < -0.4 is 10.6 Å². The van der Waals surface area contributed by atoms with Gasteiger partial charge in [-0.3, -0.25) is 4.79 Å². The number of likely N-dealkylation sites (tertiary alicyclic amines) is 1. The zero-order valence-corrected chi connectivity index (χ0v) is 19.3. The van der Waals surface area contributed by atoms with Gasteiger partial charge in [-0.05, 0) is 50.7 Å². The van der Waals surface area contributed by atoms with Crippen LogP contribution in [0.1, 0.15) is 53.1 Å². The minimum absolute atomic E-state index is 0.130. The van der Waals surface area contributed by atoms with Gasteiger partial charge in [0.15, 0.2) is 5.65 Å². The highest BCUT2D eigenvalue weighted by molar-refractivity contribution is 5.93. The smallest absolute Gasteiger partial charge is 0.355 e. The summed E-state index contributed by atoms with van der Waals surface area (Å²) in [5.74, 6) is 0.603. The van der Waals surface area contributed by atoms with Gasteiger partial charge in [-0.15, -0.1) is 0 Å². The molecule has 2 N–H and O–H groups in total. The normalized spacial score (nSPS) is 26.3. The maximum absolute atomic E-state index is 13.5. The molecule has 3 fully saturated rings. The van der Waals surface area contributed by atoms with Crippen LogP contribution in [0, 0.1) is 12.8 Å². The van der Waals surface area contributed by atoms with E-state index in [9.17, 15) is 18.0 Å². The van der Waals surface area contributed by atoms with Crippen LogP contribution >= 0.6 is 0 Å². The third-order valence-corrected chi connectivity index (χ3v) is 7.57. The topological polar surface area (TPSA) is 92.6 Å². The lowest BCUT2D eigenvalue weighted by atomic mass is 9.98. The number of nitrogens with zero attached hydrogens (tertiary/aromatic N) is 6. The van der Waals surface area contributed by atoms with Crippen molar-refractivity contribution in [3.63, 3.8) is 0 Å². The number of hydrogen-bond donors (Lipinski definition) is 1. The fraction of sp³-hybridized carbons (Fsp3) is 0.500. The summed E-state index contributed by atoms with van der Waals surface area (Å²) in [7, 11) is 0. The van der Waals surface area contributed by atoms with Gasteiger partial charge in [-0.25, -0.2) is 14.5 Å². The van der Waals surface area contributed by atoms with Gasteiger partial charge in [0.2, 0.25) is 0 Å². The number of halogens is 3. The summed E-state index contributed by atoms with van der Waals surface area (Å²) in [5, 5.41) is 4.79. The Morgan fingerprint density at radius 3 is 2.77 bits per heavy atom. The highest BCUT2D eigenvalue weighted by atomic mass is 19.4. The molecule has 184 valence electrons. The van der Waals surface area contributed by atoms with E-state index in [1.165, 1.54) is 12.1 Å². The first-order valence-corrected chi connectivity index (χ1v) is 11.9. The third-order valence-electron chi connectivity index (χ3n) is 7.57. The molecular weight excluding hydrogens is 459 g/mol. The van der Waals surface area contributed by atoms with Crippen molar-refractivity contribution >= 4 is 17.4 Å². The predicted molar refractivity (Wildman–Crippen MR) is 122 cm³/mol. The number of hydrogen-bond acceptors (Lipinski definition) is 6. The van der Waals surface area contributed by atoms with Crippen LogP contribution in [0.25, 0.3) is 5.65 Å². The minimum atomic E-state index is -4.61. The number of carbonyl (C=O) groups is 1. The van der Waals surface area contributed by atoms with Gasteiger partial charge in [0.05, 0.1) is 11.2 Å². The molecule has 3 atom stereocenters. The molecule has 1 saturated carbocycles. The van der Waals surface area contributed by atoms with Crippen LogP contribution in [0.5, 0.6) is 0 Å². The molecule has 3 aromatic heterocycles. The quantitative estimate of drug-likeness (QED) is 0.613.